The fourth-order valence-corrected chi connectivity index (χ4v) is 9.51. The number of nitrogens with one attached hydrogen (secondary N) is 1. The Labute approximate surface area is 153 Å². The van der Waals surface area contributed by atoms with Crippen molar-refractivity contribution in [1.29, 1.82) is 0 Å². The summed E-state index contributed by atoms with van der Waals surface area (Å²) in [4.78, 5) is 6.48. The lowest BCUT2D eigenvalue weighted by molar-refractivity contribution is 0.110. The summed E-state index contributed by atoms with van der Waals surface area (Å²) in [6.07, 6.45) is 3.94. The molecule has 2 aliphatic heterocycles. The Balaban J connectivity index is 1.81. The average molecular weight is 359 g/mol. The molecule has 1 spiro atoms. The van der Waals surface area contributed by atoms with Gasteiger partial charge in [-0.05, 0) is 56.0 Å². The van der Waals surface area contributed by atoms with E-state index in [9.17, 15) is 0 Å². The molecule has 5 rings (SSSR count). The molecular weight excluding hydrogens is 332 g/mol. The number of aromatic nitrogens is 1. The van der Waals surface area contributed by atoms with E-state index in [0.29, 0.717) is 5.41 Å². The summed E-state index contributed by atoms with van der Waals surface area (Å²) in [5.74, 6) is 3.40. The van der Waals surface area contributed by atoms with Crippen LogP contribution in [0.2, 0.25) is 0 Å². The standard InChI is InChI=1S/C20H26N2S2/c1-3-19-13-22(2)10-9-16(19)20(23-11-6-12-24-20)18-17(19)14-7-4-5-8-15(14)21-18/h4-5,7-8,16,21H,3,6,9-13H2,1-2H3/t16-,19+/m0/s1. The third-order valence-corrected chi connectivity index (χ3v) is 10.1. The molecule has 2 aromatic rings. The molecule has 1 N–H and O–H groups in total. The first kappa shape index (κ1) is 15.7. The molecule has 1 aromatic heterocycles. The van der Waals surface area contributed by atoms with Crippen molar-refractivity contribution >= 4 is 34.4 Å². The number of hydrogen-bond acceptors (Lipinski definition) is 3. The SMILES string of the molecule is CC[C@@]12CN(C)CC[C@@H]1C1(SCCCS1)c1[nH]c3ccccc3c12. The van der Waals surface area contributed by atoms with Gasteiger partial charge in [-0.3, -0.25) is 0 Å². The van der Waals surface area contributed by atoms with E-state index in [1.54, 1.807) is 11.3 Å². The number of nitrogens with zero attached hydrogens (tertiary/aromatic N) is 1. The monoisotopic (exact) mass is 358 g/mol. The first-order chi connectivity index (χ1) is 11.7. The van der Waals surface area contributed by atoms with Gasteiger partial charge in [0.15, 0.2) is 0 Å². The van der Waals surface area contributed by atoms with Crippen molar-refractivity contribution in [2.45, 2.75) is 35.7 Å². The summed E-state index contributed by atoms with van der Waals surface area (Å²) in [5.41, 5.74) is 4.90. The summed E-state index contributed by atoms with van der Waals surface area (Å²) in [6.45, 7) is 4.89. The fourth-order valence-electron chi connectivity index (χ4n) is 5.63. The van der Waals surface area contributed by atoms with Crippen LogP contribution in [0.25, 0.3) is 10.9 Å². The normalized spacial score (nSPS) is 32.2. The van der Waals surface area contributed by atoms with E-state index >= 15 is 0 Å². The quantitative estimate of drug-likeness (QED) is 0.790. The van der Waals surface area contributed by atoms with Gasteiger partial charge in [-0.2, -0.15) is 0 Å². The Kier molecular flexibility index (Phi) is 3.56. The highest BCUT2D eigenvalue weighted by molar-refractivity contribution is 8.18. The minimum atomic E-state index is 0.268. The number of rotatable bonds is 1. The van der Waals surface area contributed by atoms with Gasteiger partial charge in [-0.25, -0.2) is 0 Å². The molecule has 1 aliphatic carbocycles. The first-order valence-corrected chi connectivity index (χ1v) is 11.3. The summed E-state index contributed by atoms with van der Waals surface area (Å²) in [5, 5.41) is 1.48. The van der Waals surface area contributed by atoms with E-state index in [2.05, 4.69) is 71.6 Å². The van der Waals surface area contributed by atoms with E-state index in [-0.39, 0.29) is 4.08 Å². The van der Waals surface area contributed by atoms with E-state index in [1.165, 1.54) is 54.8 Å². The van der Waals surface area contributed by atoms with Crippen molar-refractivity contribution in [2.75, 3.05) is 31.6 Å². The maximum Gasteiger partial charge on any atom is 0.105 e. The molecule has 128 valence electrons. The van der Waals surface area contributed by atoms with E-state index in [0.717, 1.165) is 5.92 Å². The Hall–Kier alpha value is -0.580. The van der Waals surface area contributed by atoms with E-state index in [4.69, 9.17) is 0 Å². The van der Waals surface area contributed by atoms with Crippen LogP contribution in [-0.2, 0) is 9.49 Å². The lowest BCUT2D eigenvalue weighted by Crippen LogP contribution is -2.51. The zero-order valence-corrected chi connectivity index (χ0v) is 16.2. The van der Waals surface area contributed by atoms with Crippen molar-refractivity contribution in [1.82, 2.24) is 9.88 Å². The number of piperidine rings is 1. The highest BCUT2D eigenvalue weighted by Crippen LogP contribution is 2.69. The number of hydrogen-bond donors (Lipinski definition) is 1. The molecule has 0 amide bonds. The van der Waals surface area contributed by atoms with Gasteiger partial charge in [0.25, 0.3) is 0 Å². The second-order valence-electron chi connectivity index (χ2n) is 7.73. The smallest absolute Gasteiger partial charge is 0.105 e. The molecule has 2 saturated heterocycles. The second kappa shape index (κ2) is 5.46. The van der Waals surface area contributed by atoms with Crippen molar-refractivity contribution < 1.29 is 0 Å². The predicted molar refractivity (Wildman–Crippen MR) is 107 cm³/mol. The molecule has 0 unspecified atom stereocenters. The third-order valence-electron chi connectivity index (χ3n) is 6.58. The highest BCUT2D eigenvalue weighted by Gasteiger charge is 2.63. The van der Waals surface area contributed by atoms with Crippen molar-refractivity contribution in [3.63, 3.8) is 0 Å². The summed E-state index contributed by atoms with van der Waals surface area (Å²) in [7, 11) is 2.31. The van der Waals surface area contributed by atoms with Gasteiger partial charge in [-0.15, -0.1) is 23.5 Å². The molecule has 0 bridgehead atoms. The minimum Gasteiger partial charge on any atom is -0.356 e. The maximum absolute atomic E-state index is 3.91. The largest absolute Gasteiger partial charge is 0.356 e. The van der Waals surface area contributed by atoms with Crippen LogP contribution in [0.1, 0.15) is 37.4 Å². The average Bonchev–Trinajstić information content (AvgIpc) is 3.10. The lowest BCUT2D eigenvalue weighted by Gasteiger charge is -2.49. The number of aromatic amines is 1. The molecule has 2 nitrogen and oxygen atoms in total. The molecule has 0 radical (unpaired) electrons. The van der Waals surface area contributed by atoms with Crippen LogP contribution in [0, 0.1) is 5.92 Å². The van der Waals surface area contributed by atoms with Gasteiger partial charge < -0.3 is 9.88 Å². The number of thioether (sulfide) groups is 2. The number of benzene rings is 1. The molecule has 1 aromatic carbocycles. The second-order valence-corrected chi connectivity index (χ2v) is 10.7. The van der Waals surface area contributed by atoms with Crippen molar-refractivity contribution in [3.8, 4) is 0 Å². The Morgan fingerprint density at radius 3 is 2.83 bits per heavy atom. The Morgan fingerprint density at radius 1 is 1.25 bits per heavy atom. The molecule has 24 heavy (non-hydrogen) atoms. The van der Waals surface area contributed by atoms with Crippen LogP contribution >= 0.6 is 23.5 Å². The molecule has 3 aliphatic rings. The molecule has 2 atom stereocenters. The number of H-pyrrole nitrogens is 1. The van der Waals surface area contributed by atoms with Crippen LogP contribution in [0.15, 0.2) is 24.3 Å². The van der Waals surface area contributed by atoms with Crippen LogP contribution in [0.5, 0.6) is 0 Å². The summed E-state index contributed by atoms with van der Waals surface area (Å²) in [6, 6.07) is 9.01. The Morgan fingerprint density at radius 2 is 2.04 bits per heavy atom. The minimum absolute atomic E-state index is 0.268. The van der Waals surface area contributed by atoms with Gasteiger partial charge in [0.1, 0.15) is 4.08 Å². The maximum atomic E-state index is 3.91. The van der Waals surface area contributed by atoms with Gasteiger partial charge >= 0.3 is 0 Å². The molecule has 4 heteroatoms. The lowest BCUT2D eigenvalue weighted by atomic mass is 9.68. The van der Waals surface area contributed by atoms with Crippen LogP contribution in [0.4, 0.5) is 0 Å². The van der Waals surface area contributed by atoms with Gasteiger partial charge in [-0.1, -0.05) is 25.1 Å². The molecule has 3 heterocycles. The van der Waals surface area contributed by atoms with Crippen molar-refractivity contribution in [3.05, 3.63) is 35.5 Å². The Bertz CT molecular complexity index is 777. The van der Waals surface area contributed by atoms with Crippen molar-refractivity contribution in [2.24, 2.45) is 5.92 Å². The number of para-hydroxylation sites is 1. The topological polar surface area (TPSA) is 19.0 Å². The predicted octanol–water partition coefficient (Wildman–Crippen LogP) is 4.80. The number of likely N-dealkylation sites (N-methyl/N-ethyl adjacent to an activating group) is 1. The molecule has 2 fully saturated rings. The third kappa shape index (κ3) is 1.85. The van der Waals surface area contributed by atoms with Gasteiger partial charge in [0.2, 0.25) is 0 Å². The van der Waals surface area contributed by atoms with Gasteiger partial charge in [0.05, 0.1) is 0 Å². The summed E-state index contributed by atoms with van der Waals surface area (Å²) < 4.78 is 0.268. The molecular formula is C20H26N2S2. The van der Waals surface area contributed by atoms with Gasteiger partial charge in [0, 0.05) is 34.5 Å². The summed E-state index contributed by atoms with van der Waals surface area (Å²) >= 11 is 4.49. The van der Waals surface area contributed by atoms with Crippen LogP contribution < -0.4 is 0 Å². The highest BCUT2D eigenvalue weighted by atomic mass is 32.2. The van der Waals surface area contributed by atoms with E-state index < -0.39 is 0 Å². The van der Waals surface area contributed by atoms with Crippen LogP contribution in [-0.4, -0.2) is 41.5 Å². The molecule has 0 saturated carbocycles. The zero-order valence-electron chi connectivity index (χ0n) is 14.6. The fraction of sp³-hybridized carbons (Fsp3) is 0.600. The number of likely N-dealkylation sites (tertiary alicyclic amines) is 1. The number of fused-ring (bicyclic) bond motifs is 7. The zero-order chi connectivity index (χ0) is 16.4. The van der Waals surface area contributed by atoms with Crippen LogP contribution in [0.3, 0.4) is 0 Å². The van der Waals surface area contributed by atoms with E-state index in [1.807, 2.05) is 0 Å². The first-order valence-electron chi connectivity index (χ1n) is 9.29.